The molecule has 0 bridgehead atoms. The van der Waals surface area contributed by atoms with E-state index in [0.29, 0.717) is 30.8 Å². The molecule has 186 valence electrons. The van der Waals surface area contributed by atoms with E-state index in [1.807, 2.05) is 91.0 Å². The van der Waals surface area contributed by atoms with Crippen LogP contribution in [0.25, 0.3) is 11.0 Å². The van der Waals surface area contributed by atoms with Gasteiger partial charge in [-0.2, -0.15) is 0 Å². The number of rotatable bonds is 8. The number of likely N-dealkylation sites (tertiary alicyclic amines) is 1. The van der Waals surface area contributed by atoms with Crippen molar-refractivity contribution in [3.63, 3.8) is 0 Å². The van der Waals surface area contributed by atoms with E-state index >= 15 is 0 Å². The van der Waals surface area contributed by atoms with Crippen LogP contribution in [0.1, 0.15) is 57.4 Å². The quantitative estimate of drug-likeness (QED) is 0.370. The molecule has 1 fully saturated rings. The summed E-state index contributed by atoms with van der Waals surface area (Å²) in [5.74, 6) is 1.52. The Morgan fingerprint density at radius 2 is 1.81 bits per heavy atom. The summed E-state index contributed by atoms with van der Waals surface area (Å²) in [4.78, 5) is 20.3. The average molecular weight is 484 g/mol. The van der Waals surface area contributed by atoms with Gasteiger partial charge >= 0.3 is 0 Å². The third-order valence-electron chi connectivity index (χ3n) is 7.27. The summed E-state index contributed by atoms with van der Waals surface area (Å²) in [6.07, 6.45) is 1.36. The Hall–Kier alpha value is -3.64. The summed E-state index contributed by atoms with van der Waals surface area (Å²) in [6, 6.07) is 19.9. The lowest BCUT2D eigenvalue weighted by molar-refractivity contribution is 0.0649. The average Bonchev–Trinajstić information content (AvgIpc) is 3.14. The van der Waals surface area contributed by atoms with E-state index in [-0.39, 0.29) is 5.91 Å². The van der Waals surface area contributed by atoms with E-state index in [1.54, 1.807) is 0 Å². The summed E-state index contributed by atoms with van der Waals surface area (Å²) in [5.41, 5.74) is 6.11. The molecule has 2 heterocycles. The molecule has 1 atom stereocenters. The SMILES string of the molecule is Cc1ccccc1[C@H](O)CCc1c(C(=O)N2CCC2)cc2c(nc(C)n2C)c1OCc1ccccc1. The van der Waals surface area contributed by atoms with Crippen LogP contribution in [-0.4, -0.2) is 38.6 Å². The molecule has 6 heteroatoms. The topological polar surface area (TPSA) is 67.6 Å². The number of aliphatic hydroxyl groups is 1. The first-order chi connectivity index (χ1) is 17.4. The molecule has 1 N–H and O–H groups in total. The fraction of sp³-hybridized carbons (Fsp3) is 0.333. The fourth-order valence-corrected chi connectivity index (χ4v) is 4.86. The Morgan fingerprint density at radius 3 is 2.50 bits per heavy atom. The number of ether oxygens (including phenoxy) is 1. The van der Waals surface area contributed by atoms with Crippen LogP contribution in [0, 0.1) is 13.8 Å². The Bertz CT molecular complexity index is 1390. The van der Waals surface area contributed by atoms with Gasteiger partial charge < -0.3 is 19.3 Å². The fourth-order valence-electron chi connectivity index (χ4n) is 4.86. The summed E-state index contributed by atoms with van der Waals surface area (Å²) in [6.45, 7) is 5.88. The van der Waals surface area contributed by atoms with E-state index in [0.717, 1.165) is 58.6 Å². The Morgan fingerprint density at radius 1 is 1.08 bits per heavy atom. The molecular formula is C30H33N3O3. The molecule has 0 radical (unpaired) electrons. The largest absolute Gasteiger partial charge is 0.486 e. The van der Waals surface area contributed by atoms with Crippen molar-refractivity contribution in [2.75, 3.05) is 13.1 Å². The molecule has 1 saturated heterocycles. The zero-order valence-electron chi connectivity index (χ0n) is 21.2. The lowest BCUT2D eigenvalue weighted by Crippen LogP contribution is -2.42. The molecule has 1 aliphatic heterocycles. The van der Waals surface area contributed by atoms with Gasteiger partial charge in [0.05, 0.1) is 11.6 Å². The molecule has 0 spiro atoms. The van der Waals surface area contributed by atoms with Crippen molar-refractivity contribution in [3.05, 3.63) is 94.3 Å². The molecular weight excluding hydrogens is 450 g/mol. The number of benzene rings is 3. The maximum Gasteiger partial charge on any atom is 0.254 e. The van der Waals surface area contributed by atoms with Crippen molar-refractivity contribution < 1.29 is 14.6 Å². The Kier molecular flexibility index (Phi) is 6.79. The van der Waals surface area contributed by atoms with Gasteiger partial charge in [-0.1, -0.05) is 54.6 Å². The summed E-state index contributed by atoms with van der Waals surface area (Å²) in [5, 5.41) is 11.1. The highest BCUT2D eigenvalue weighted by molar-refractivity contribution is 6.01. The standard InChI is InChI=1S/C30H33N3O3/c1-20-10-7-8-13-23(20)27(34)15-14-24-25(30(35)33-16-9-17-33)18-26-28(31-21(2)32(26)3)29(24)36-19-22-11-5-4-6-12-22/h4-8,10-13,18,27,34H,9,14-17,19H2,1-3H3/t27-/m1/s1. The highest BCUT2D eigenvalue weighted by Gasteiger charge is 2.29. The zero-order valence-corrected chi connectivity index (χ0v) is 21.2. The highest BCUT2D eigenvalue weighted by atomic mass is 16.5. The van der Waals surface area contributed by atoms with Gasteiger partial charge in [0.25, 0.3) is 5.91 Å². The van der Waals surface area contributed by atoms with Crippen LogP contribution in [0.4, 0.5) is 0 Å². The van der Waals surface area contributed by atoms with Crippen LogP contribution >= 0.6 is 0 Å². The number of carbonyl (C=O) groups is 1. The van der Waals surface area contributed by atoms with Gasteiger partial charge in [0.1, 0.15) is 17.9 Å². The predicted octanol–water partition coefficient (Wildman–Crippen LogP) is 5.28. The van der Waals surface area contributed by atoms with E-state index in [4.69, 9.17) is 9.72 Å². The monoisotopic (exact) mass is 483 g/mol. The van der Waals surface area contributed by atoms with Gasteiger partial charge in [0.15, 0.2) is 5.75 Å². The number of nitrogens with zero attached hydrogens (tertiary/aromatic N) is 3. The molecule has 1 aromatic heterocycles. The van der Waals surface area contributed by atoms with Gasteiger partial charge in [0, 0.05) is 31.3 Å². The number of amides is 1. The third-order valence-corrected chi connectivity index (χ3v) is 7.27. The molecule has 1 amide bonds. The number of aryl methyl sites for hydroxylation is 3. The number of aliphatic hydroxyl groups excluding tert-OH is 1. The number of aromatic nitrogens is 2. The highest BCUT2D eigenvalue weighted by Crippen LogP contribution is 2.37. The number of imidazole rings is 1. The normalized spacial score (nSPS) is 14.1. The Labute approximate surface area is 212 Å². The number of hydrogen-bond donors (Lipinski definition) is 1. The molecule has 6 nitrogen and oxygen atoms in total. The molecule has 5 rings (SSSR count). The molecule has 36 heavy (non-hydrogen) atoms. The Balaban J connectivity index is 1.58. The molecule has 4 aromatic rings. The minimum Gasteiger partial charge on any atom is -0.486 e. The van der Waals surface area contributed by atoms with Crippen molar-refractivity contribution in [1.82, 2.24) is 14.5 Å². The van der Waals surface area contributed by atoms with Gasteiger partial charge in [-0.15, -0.1) is 0 Å². The van der Waals surface area contributed by atoms with Crippen LogP contribution in [0.3, 0.4) is 0 Å². The van der Waals surface area contributed by atoms with E-state index in [1.165, 1.54) is 0 Å². The van der Waals surface area contributed by atoms with Crippen LogP contribution in [0.15, 0.2) is 60.7 Å². The number of hydrogen-bond acceptors (Lipinski definition) is 4. The molecule has 0 unspecified atom stereocenters. The van der Waals surface area contributed by atoms with Crippen LogP contribution < -0.4 is 4.74 Å². The van der Waals surface area contributed by atoms with Crippen molar-refractivity contribution in [1.29, 1.82) is 0 Å². The maximum atomic E-state index is 13.6. The lowest BCUT2D eigenvalue weighted by atomic mass is 9.93. The van der Waals surface area contributed by atoms with E-state index in [2.05, 4.69) is 0 Å². The van der Waals surface area contributed by atoms with Crippen molar-refractivity contribution >= 4 is 16.9 Å². The minimum atomic E-state index is -0.638. The lowest BCUT2D eigenvalue weighted by Gasteiger charge is -2.32. The zero-order chi connectivity index (χ0) is 25.2. The second-order valence-corrected chi connectivity index (χ2v) is 9.65. The van der Waals surface area contributed by atoms with E-state index in [9.17, 15) is 9.90 Å². The van der Waals surface area contributed by atoms with Crippen molar-refractivity contribution in [3.8, 4) is 5.75 Å². The van der Waals surface area contributed by atoms with Crippen molar-refractivity contribution in [2.45, 2.75) is 45.8 Å². The molecule has 1 aliphatic rings. The summed E-state index contributed by atoms with van der Waals surface area (Å²) in [7, 11) is 1.96. The molecule has 0 aliphatic carbocycles. The number of carbonyl (C=O) groups excluding carboxylic acids is 1. The van der Waals surface area contributed by atoms with Crippen LogP contribution in [-0.2, 0) is 20.1 Å². The van der Waals surface area contributed by atoms with Gasteiger partial charge in [-0.3, -0.25) is 4.79 Å². The predicted molar refractivity (Wildman–Crippen MR) is 141 cm³/mol. The number of fused-ring (bicyclic) bond motifs is 1. The van der Waals surface area contributed by atoms with Gasteiger partial charge in [-0.25, -0.2) is 4.98 Å². The first-order valence-corrected chi connectivity index (χ1v) is 12.6. The molecule has 3 aromatic carbocycles. The first-order valence-electron chi connectivity index (χ1n) is 12.6. The first kappa shape index (κ1) is 24.1. The smallest absolute Gasteiger partial charge is 0.254 e. The second-order valence-electron chi connectivity index (χ2n) is 9.65. The summed E-state index contributed by atoms with van der Waals surface area (Å²) < 4.78 is 8.46. The van der Waals surface area contributed by atoms with Crippen LogP contribution in [0.2, 0.25) is 0 Å². The summed E-state index contributed by atoms with van der Waals surface area (Å²) >= 11 is 0. The minimum absolute atomic E-state index is 0.0203. The maximum absolute atomic E-state index is 13.6. The van der Waals surface area contributed by atoms with Gasteiger partial charge in [0.2, 0.25) is 0 Å². The van der Waals surface area contributed by atoms with Gasteiger partial charge in [-0.05, 0) is 55.9 Å². The van der Waals surface area contributed by atoms with E-state index < -0.39 is 6.10 Å². The van der Waals surface area contributed by atoms with Crippen LogP contribution in [0.5, 0.6) is 5.75 Å². The second kappa shape index (κ2) is 10.2. The molecule has 0 saturated carbocycles. The van der Waals surface area contributed by atoms with Crippen molar-refractivity contribution in [2.24, 2.45) is 7.05 Å². The third kappa shape index (κ3) is 4.61.